The Morgan fingerprint density at radius 1 is 1.09 bits per heavy atom. The summed E-state index contributed by atoms with van der Waals surface area (Å²) in [5, 5.41) is 6.27. The maximum Gasteiger partial charge on any atom is 0.337 e. The summed E-state index contributed by atoms with van der Waals surface area (Å²) in [7, 11) is 1.38. The molecule has 114 valence electrons. The molecule has 2 heterocycles. The van der Waals surface area contributed by atoms with E-state index in [1.807, 2.05) is 47.9 Å². The highest BCUT2D eigenvalue weighted by molar-refractivity contribution is 6.10. The molecule has 4 rings (SSSR count). The van der Waals surface area contributed by atoms with Crippen molar-refractivity contribution in [3.63, 3.8) is 0 Å². The predicted octanol–water partition coefficient (Wildman–Crippen LogP) is 3.87. The van der Waals surface area contributed by atoms with Crippen molar-refractivity contribution in [3.8, 4) is 5.82 Å². The molecule has 0 aliphatic carbocycles. The van der Waals surface area contributed by atoms with E-state index in [1.165, 1.54) is 7.11 Å². The molecular weight excluding hydrogens is 292 g/mol. The van der Waals surface area contributed by atoms with Gasteiger partial charge in [-0.25, -0.2) is 4.79 Å². The summed E-state index contributed by atoms with van der Waals surface area (Å²) in [5.74, 6) is 1.06. The second kappa shape index (κ2) is 4.98. The number of esters is 1. The molecule has 2 aromatic carbocycles. The minimum atomic E-state index is -0.361. The van der Waals surface area contributed by atoms with Gasteiger partial charge in [-0.2, -0.15) is 0 Å². The first-order valence-corrected chi connectivity index (χ1v) is 7.24. The molecular formula is C18H14N2O3. The zero-order valence-electron chi connectivity index (χ0n) is 12.7. The summed E-state index contributed by atoms with van der Waals surface area (Å²) < 4.78 is 12.0. The maximum absolute atomic E-state index is 11.9. The van der Waals surface area contributed by atoms with Crippen molar-refractivity contribution in [1.82, 2.24) is 9.72 Å². The Morgan fingerprint density at radius 3 is 2.61 bits per heavy atom. The summed E-state index contributed by atoms with van der Waals surface area (Å²) in [6, 6.07) is 15.5. The maximum atomic E-state index is 11.9. The molecule has 23 heavy (non-hydrogen) atoms. The molecule has 0 N–H and O–H groups in total. The van der Waals surface area contributed by atoms with Crippen molar-refractivity contribution in [1.29, 1.82) is 0 Å². The Labute approximate surface area is 132 Å². The fourth-order valence-electron chi connectivity index (χ4n) is 2.92. The molecule has 4 aromatic rings. The largest absolute Gasteiger partial charge is 0.465 e. The average Bonchev–Trinajstić information content (AvgIpc) is 3.14. The molecule has 0 bridgehead atoms. The fraction of sp³-hybridized carbons (Fsp3) is 0.111. The fourth-order valence-corrected chi connectivity index (χ4v) is 2.92. The molecule has 0 saturated carbocycles. The van der Waals surface area contributed by atoms with Crippen molar-refractivity contribution in [3.05, 3.63) is 59.9 Å². The Hall–Kier alpha value is -3.08. The van der Waals surface area contributed by atoms with Crippen LogP contribution in [0.2, 0.25) is 0 Å². The number of hydrogen-bond donors (Lipinski definition) is 0. The Balaban J connectivity index is 2.12. The molecule has 0 fully saturated rings. The lowest BCUT2D eigenvalue weighted by Gasteiger charge is -2.04. The Bertz CT molecular complexity index is 1040. The summed E-state index contributed by atoms with van der Waals surface area (Å²) in [5.41, 5.74) is 2.41. The lowest BCUT2D eigenvalue weighted by Crippen LogP contribution is -2.01. The number of carbonyl (C=O) groups is 1. The van der Waals surface area contributed by atoms with Gasteiger partial charge in [0, 0.05) is 16.8 Å². The molecule has 0 amide bonds. The Morgan fingerprint density at radius 2 is 1.87 bits per heavy atom. The van der Waals surface area contributed by atoms with Gasteiger partial charge in [-0.15, -0.1) is 0 Å². The van der Waals surface area contributed by atoms with Gasteiger partial charge in [-0.05, 0) is 25.1 Å². The van der Waals surface area contributed by atoms with Crippen molar-refractivity contribution >= 4 is 27.8 Å². The van der Waals surface area contributed by atoms with Crippen LogP contribution in [-0.2, 0) is 4.74 Å². The van der Waals surface area contributed by atoms with Crippen LogP contribution < -0.4 is 0 Å². The van der Waals surface area contributed by atoms with Crippen molar-refractivity contribution in [2.24, 2.45) is 0 Å². The highest BCUT2D eigenvalue weighted by Crippen LogP contribution is 2.32. The molecule has 0 radical (unpaired) electrons. The van der Waals surface area contributed by atoms with Gasteiger partial charge in [0.05, 0.1) is 23.7 Å². The third-order valence-electron chi connectivity index (χ3n) is 3.94. The normalized spacial score (nSPS) is 11.2. The predicted molar refractivity (Wildman–Crippen MR) is 86.9 cm³/mol. The molecule has 0 unspecified atom stereocenters. The summed E-state index contributed by atoms with van der Waals surface area (Å²) in [6.45, 7) is 1.85. The minimum Gasteiger partial charge on any atom is -0.465 e. The third kappa shape index (κ3) is 2.01. The van der Waals surface area contributed by atoms with Crippen LogP contribution in [0.5, 0.6) is 0 Å². The van der Waals surface area contributed by atoms with Crippen LogP contribution in [0.1, 0.15) is 16.1 Å². The highest BCUT2D eigenvalue weighted by Gasteiger charge is 2.16. The number of para-hydroxylation sites is 1. The molecule has 0 saturated heterocycles. The SMILES string of the molecule is COC(=O)c1ccc2c3ccccc3n(-c3cc(C)on3)c2c1. The summed E-state index contributed by atoms with van der Waals surface area (Å²) in [6.07, 6.45) is 0. The van der Waals surface area contributed by atoms with Crippen LogP contribution in [0.25, 0.3) is 27.6 Å². The first kappa shape index (κ1) is 13.6. The van der Waals surface area contributed by atoms with Crippen LogP contribution >= 0.6 is 0 Å². The standard InChI is InChI=1S/C18H14N2O3/c1-11-9-17(19-23-11)20-15-6-4-3-5-13(15)14-8-7-12(10-16(14)20)18(21)22-2/h3-10H,1-2H3. The van der Waals surface area contributed by atoms with E-state index < -0.39 is 0 Å². The number of rotatable bonds is 2. The van der Waals surface area contributed by atoms with E-state index in [9.17, 15) is 4.79 Å². The van der Waals surface area contributed by atoms with Crippen LogP contribution in [-0.4, -0.2) is 22.8 Å². The number of aromatic nitrogens is 2. The zero-order valence-corrected chi connectivity index (χ0v) is 12.7. The molecule has 0 aliphatic rings. The molecule has 5 heteroatoms. The summed E-state index contributed by atoms with van der Waals surface area (Å²) in [4.78, 5) is 11.9. The quantitative estimate of drug-likeness (QED) is 0.528. The van der Waals surface area contributed by atoms with Crippen LogP contribution in [0.4, 0.5) is 0 Å². The number of aryl methyl sites for hydroxylation is 1. The average molecular weight is 306 g/mol. The van der Waals surface area contributed by atoms with Gasteiger partial charge in [0.25, 0.3) is 0 Å². The smallest absolute Gasteiger partial charge is 0.337 e. The first-order valence-electron chi connectivity index (χ1n) is 7.24. The number of ether oxygens (including phenoxy) is 1. The number of methoxy groups -OCH3 is 1. The lowest BCUT2D eigenvalue weighted by molar-refractivity contribution is 0.0601. The molecule has 0 atom stereocenters. The first-order chi connectivity index (χ1) is 11.2. The number of carbonyl (C=O) groups excluding carboxylic acids is 1. The second-order valence-corrected chi connectivity index (χ2v) is 5.37. The van der Waals surface area contributed by atoms with Crippen LogP contribution in [0.15, 0.2) is 53.1 Å². The number of nitrogens with zero attached hydrogens (tertiary/aromatic N) is 2. The number of fused-ring (bicyclic) bond motifs is 3. The van der Waals surface area contributed by atoms with Crippen LogP contribution in [0, 0.1) is 6.92 Å². The zero-order chi connectivity index (χ0) is 16.0. The minimum absolute atomic E-state index is 0.361. The van der Waals surface area contributed by atoms with Gasteiger partial charge in [-0.3, -0.25) is 4.57 Å². The van der Waals surface area contributed by atoms with Crippen molar-refractivity contribution in [2.75, 3.05) is 7.11 Å². The lowest BCUT2D eigenvalue weighted by atomic mass is 10.1. The van der Waals surface area contributed by atoms with Gasteiger partial charge >= 0.3 is 5.97 Å². The second-order valence-electron chi connectivity index (χ2n) is 5.37. The van der Waals surface area contributed by atoms with Gasteiger partial charge in [0.15, 0.2) is 5.82 Å². The van der Waals surface area contributed by atoms with E-state index in [-0.39, 0.29) is 5.97 Å². The van der Waals surface area contributed by atoms with Crippen molar-refractivity contribution < 1.29 is 14.1 Å². The number of benzene rings is 2. The van der Waals surface area contributed by atoms with Crippen molar-refractivity contribution in [2.45, 2.75) is 6.92 Å². The van der Waals surface area contributed by atoms with E-state index in [2.05, 4.69) is 11.2 Å². The van der Waals surface area contributed by atoms with Crippen LogP contribution in [0.3, 0.4) is 0 Å². The van der Waals surface area contributed by atoms with E-state index in [0.717, 1.165) is 27.6 Å². The molecule has 0 aliphatic heterocycles. The van der Waals surface area contributed by atoms with Gasteiger partial charge in [-0.1, -0.05) is 29.4 Å². The summed E-state index contributed by atoms with van der Waals surface area (Å²) >= 11 is 0. The molecule has 5 nitrogen and oxygen atoms in total. The molecule has 0 spiro atoms. The van der Waals surface area contributed by atoms with E-state index in [1.54, 1.807) is 6.07 Å². The Kier molecular flexibility index (Phi) is 2.94. The van der Waals surface area contributed by atoms with Gasteiger partial charge in [0.2, 0.25) is 0 Å². The monoisotopic (exact) mass is 306 g/mol. The third-order valence-corrected chi connectivity index (χ3v) is 3.94. The van der Waals surface area contributed by atoms with E-state index in [0.29, 0.717) is 11.4 Å². The topological polar surface area (TPSA) is 57.3 Å². The van der Waals surface area contributed by atoms with Gasteiger partial charge in [0.1, 0.15) is 5.76 Å². The van der Waals surface area contributed by atoms with E-state index in [4.69, 9.17) is 9.26 Å². The highest BCUT2D eigenvalue weighted by atomic mass is 16.5. The van der Waals surface area contributed by atoms with Gasteiger partial charge < -0.3 is 9.26 Å². The van der Waals surface area contributed by atoms with E-state index >= 15 is 0 Å². The molecule has 2 aromatic heterocycles. The number of hydrogen-bond acceptors (Lipinski definition) is 4.